The molecule has 1 radical (unpaired) electrons. The standard InChI is InChI=1S/C7H7FNO2S/c8-6-9-12(10,11)7-4-2-1-3-5-7/h1-6,9H. The Labute approximate surface area is 70.3 Å². The fraction of sp³-hybridized carbons (Fsp3) is 0. The van der Waals surface area contributed by atoms with E-state index in [0.717, 1.165) is 0 Å². The molecule has 5 heteroatoms. The van der Waals surface area contributed by atoms with E-state index in [9.17, 15) is 12.8 Å². The smallest absolute Gasteiger partial charge is 0.224 e. The summed E-state index contributed by atoms with van der Waals surface area (Å²) in [4.78, 5) is 0.0406. The molecule has 0 heterocycles. The highest BCUT2D eigenvalue weighted by molar-refractivity contribution is 7.89. The van der Waals surface area contributed by atoms with Crippen molar-refractivity contribution in [2.24, 2.45) is 0 Å². The molecule has 0 saturated heterocycles. The summed E-state index contributed by atoms with van der Waals surface area (Å²) in [7, 11) is -3.69. The molecule has 0 aromatic heterocycles. The van der Waals surface area contributed by atoms with E-state index in [-0.39, 0.29) is 11.7 Å². The third-order valence-electron chi connectivity index (χ3n) is 1.25. The molecule has 1 rings (SSSR count). The van der Waals surface area contributed by atoms with E-state index in [1.165, 1.54) is 12.1 Å². The van der Waals surface area contributed by atoms with Crippen LogP contribution in [0.2, 0.25) is 0 Å². The van der Waals surface area contributed by atoms with Crippen molar-refractivity contribution in [3.05, 3.63) is 37.1 Å². The van der Waals surface area contributed by atoms with Crippen LogP contribution in [-0.4, -0.2) is 8.42 Å². The van der Waals surface area contributed by atoms with E-state index in [0.29, 0.717) is 0 Å². The van der Waals surface area contributed by atoms with Gasteiger partial charge in [0.25, 0.3) is 0 Å². The summed E-state index contributed by atoms with van der Waals surface area (Å²) in [6.07, 6.45) is 0. The van der Waals surface area contributed by atoms with Crippen molar-refractivity contribution in [2.75, 3.05) is 0 Å². The van der Waals surface area contributed by atoms with Crippen molar-refractivity contribution in [2.45, 2.75) is 4.90 Å². The van der Waals surface area contributed by atoms with Crippen LogP contribution in [0.5, 0.6) is 0 Å². The Morgan fingerprint density at radius 1 is 1.25 bits per heavy atom. The van der Waals surface area contributed by atoms with E-state index in [1.54, 1.807) is 22.9 Å². The highest BCUT2D eigenvalue weighted by atomic mass is 32.2. The van der Waals surface area contributed by atoms with Gasteiger partial charge >= 0.3 is 0 Å². The summed E-state index contributed by atoms with van der Waals surface area (Å²) < 4.78 is 35.3. The Morgan fingerprint density at radius 2 is 1.83 bits per heavy atom. The average Bonchev–Trinajstić information content (AvgIpc) is 2.06. The first kappa shape index (κ1) is 9.15. The second-order valence-electron chi connectivity index (χ2n) is 2.04. The number of benzene rings is 1. The fourth-order valence-electron chi connectivity index (χ4n) is 0.726. The van der Waals surface area contributed by atoms with Crippen LogP contribution in [0.15, 0.2) is 35.2 Å². The second kappa shape index (κ2) is 3.64. The number of nitrogens with one attached hydrogen (secondary N) is 1. The van der Waals surface area contributed by atoms with E-state index >= 15 is 0 Å². The summed E-state index contributed by atoms with van der Waals surface area (Å²) in [5.41, 5.74) is 0. The van der Waals surface area contributed by atoms with Crippen LogP contribution in [0.25, 0.3) is 0 Å². The van der Waals surface area contributed by atoms with Crippen molar-refractivity contribution in [1.29, 1.82) is 0 Å². The van der Waals surface area contributed by atoms with Gasteiger partial charge in [-0.15, -0.1) is 0 Å². The minimum Gasteiger partial charge on any atom is -0.224 e. The monoisotopic (exact) mass is 188 g/mol. The zero-order valence-corrected chi connectivity index (χ0v) is 6.88. The lowest BCUT2D eigenvalue weighted by molar-refractivity contribution is 0.548. The van der Waals surface area contributed by atoms with Crippen LogP contribution >= 0.6 is 0 Å². The summed E-state index contributed by atoms with van der Waals surface area (Å²) in [6.45, 7) is -0.109. The zero-order chi connectivity index (χ0) is 9.03. The molecule has 1 N–H and O–H groups in total. The third-order valence-corrected chi connectivity index (χ3v) is 2.55. The molecule has 0 aliphatic heterocycles. The van der Waals surface area contributed by atoms with Gasteiger partial charge in [-0.05, 0) is 12.1 Å². The minimum atomic E-state index is -3.69. The van der Waals surface area contributed by atoms with Gasteiger partial charge in [-0.25, -0.2) is 12.8 Å². The maximum absolute atomic E-state index is 11.6. The number of rotatable bonds is 3. The first-order valence-electron chi connectivity index (χ1n) is 3.16. The molecular weight excluding hydrogens is 181 g/mol. The number of hydrogen-bond donors (Lipinski definition) is 1. The normalized spacial score (nSPS) is 11.4. The Balaban J connectivity index is 2.99. The van der Waals surface area contributed by atoms with Gasteiger partial charge in [0.2, 0.25) is 16.8 Å². The predicted molar refractivity (Wildman–Crippen MR) is 42.2 cm³/mol. The van der Waals surface area contributed by atoms with Gasteiger partial charge in [0.1, 0.15) is 0 Å². The van der Waals surface area contributed by atoms with E-state index in [2.05, 4.69) is 0 Å². The largest absolute Gasteiger partial charge is 0.243 e. The molecule has 1 aromatic rings. The minimum absolute atomic E-state index is 0.0406. The van der Waals surface area contributed by atoms with Crippen LogP contribution < -0.4 is 4.72 Å². The van der Waals surface area contributed by atoms with Gasteiger partial charge < -0.3 is 0 Å². The Morgan fingerprint density at radius 3 is 2.33 bits per heavy atom. The first-order chi connectivity index (χ1) is 5.67. The molecule has 0 aliphatic carbocycles. The van der Waals surface area contributed by atoms with Crippen LogP contribution in [0.1, 0.15) is 0 Å². The molecule has 0 spiro atoms. The molecule has 1 aromatic carbocycles. The van der Waals surface area contributed by atoms with E-state index in [4.69, 9.17) is 0 Å². The SMILES string of the molecule is O=S(=O)(N[CH]F)c1ccccc1. The Hall–Kier alpha value is -0.940. The molecule has 0 aliphatic rings. The summed E-state index contributed by atoms with van der Waals surface area (Å²) in [5, 5.41) is 0. The molecule has 0 bridgehead atoms. The second-order valence-corrected chi connectivity index (χ2v) is 3.76. The Bertz CT molecular complexity index is 336. The molecule has 0 saturated carbocycles. The summed E-state index contributed by atoms with van der Waals surface area (Å²) in [6, 6.07) is 7.56. The van der Waals surface area contributed by atoms with Gasteiger partial charge in [0.15, 0.2) is 0 Å². The quantitative estimate of drug-likeness (QED) is 0.721. The number of sulfonamides is 1. The molecule has 3 nitrogen and oxygen atoms in total. The van der Waals surface area contributed by atoms with Crippen LogP contribution in [0.3, 0.4) is 0 Å². The fourth-order valence-corrected chi connectivity index (χ4v) is 1.50. The van der Waals surface area contributed by atoms with Crippen molar-refractivity contribution in [3.63, 3.8) is 0 Å². The average molecular weight is 188 g/mol. The first-order valence-corrected chi connectivity index (χ1v) is 4.64. The van der Waals surface area contributed by atoms with Crippen molar-refractivity contribution in [3.8, 4) is 0 Å². The third kappa shape index (κ3) is 2.02. The lowest BCUT2D eigenvalue weighted by Crippen LogP contribution is -2.19. The predicted octanol–water partition coefficient (Wildman–Crippen LogP) is 1.05. The van der Waals surface area contributed by atoms with Crippen LogP contribution in [0.4, 0.5) is 4.39 Å². The maximum Gasteiger partial charge on any atom is 0.243 e. The molecule has 0 fully saturated rings. The van der Waals surface area contributed by atoms with Crippen molar-refractivity contribution >= 4 is 10.0 Å². The van der Waals surface area contributed by atoms with Gasteiger partial charge in [0.05, 0.1) is 4.90 Å². The number of hydrogen-bond acceptors (Lipinski definition) is 2. The zero-order valence-electron chi connectivity index (χ0n) is 6.07. The molecule has 65 valence electrons. The highest BCUT2D eigenvalue weighted by Crippen LogP contribution is 2.06. The lowest BCUT2D eigenvalue weighted by atomic mass is 10.4. The van der Waals surface area contributed by atoms with E-state index in [1.807, 2.05) is 0 Å². The van der Waals surface area contributed by atoms with E-state index < -0.39 is 10.0 Å². The summed E-state index contributed by atoms with van der Waals surface area (Å²) >= 11 is 0. The van der Waals surface area contributed by atoms with Crippen molar-refractivity contribution in [1.82, 2.24) is 4.72 Å². The molecule has 0 unspecified atom stereocenters. The maximum atomic E-state index is 11.6. The van der Waals surface area contributed by atoms with Crippen molar-refractivity contribution < 1.29 is 12.8 Å². The lowest BCUT2D eigenvalue weighted by Gasteiger charge is -2.00. The molecule has 0 atom stereocenters. The number of halogens is 1. The van der Waals surface area contributed by atoms with Gasteiger partial charge in [-0.3, -0.25) is 0 Å². The summed E-state index contributed by atoms with van der Waals surface area (Å²) in [5.74, 6) is 0. The topological polar surface area (TPSA) is 46.2 Å². The van der Waals surface area contributed by atoms with Gasteiger partial charge in [-0.2, -0.15) is 4.72 Å². The molecule has 12 heavy (non-hydrogen) atoms. The highest BCUT2D eigenvalue weighted by Gasteiger charge is 2.11. The Kier molecular flexibility index (Phi) is 2.78. The van der Waals surface area contributed by atoms with Gasteiger partial charge in [-0.1, -0.05) is 18.2 Å². The van der Waals surface area contributed by atoms with Crippen LogP contribution in [-0.2, 0) is 10.0 Å². The molecule has 0 amide bonds. The molecular formula is C7H7FNO2S. The van der Waals surface area contributed by atoms with Gasteiger partial charge in [0, 0.05) is 0 Å². The van der Waals surface area contributed by atoms with Crippen LogP contribution in [0, 0.1) is 6.80 Å².